The van der Waals surface area contributed by atoms with Crippen molar-refractivity contribution < 1.29 is 14.4 Å². The van der Waals surface area contributed by atoms with Gasteiger partial charge in [-0.1, -0.05) is 18.2 Å². The van der Waals surface area contributed by atoms with Crippen LogP contribution >= 0.6 is 7.60 Å². The highest BCUT2D eigenvalue weighted by Crippen LogP contribution is 2.37. The summed E-state index contributed by atoms with van der Waals surface area (Å²) in [6, 6.07) is 8.99. The fourth-order valence-corrected chi connectivity index (χ4v) is 1.66. The van der Waals surface area contributed by atoms with Gasteiger partial charge in [0.1, 0.15) is 6.16 Å². The van der Waals surface area contributed by atoms with Crippen LogP contribution in [-0.2, 0) is 10.7 Å². The van der Waals surface area contributed by atoms with Crippen molar-refractivity contribution in [2.75, 3.05) is 0 Å². The van der Waals surface area contributed by atoms with E-state index in [9.17, 15) is 4.57 Å². The number of benzene rings is 1. The van der Waals surface area contributed by atoms with Gasteiger partial charge < -0.3 is 9.79 Å². The number of hydrogen-bond donors (Lipinski definition) is 2. The second kappa shape index (κ2) is 4.13. The third-order valence-corrected chi connectivity index (χ3v) is 2.48. The van der Waals surface area contributed by atoms with E-state index in [1.165, 1.54) is 4.80 Å². The van der Waals surface area contributed by atoms with Crippen molar-refractivity contribution in [3.63, 3.8) is 0 Å². The van der Waals surface area contributed by atoms with Crippen LogP contribution < -0.4 is 0 Å². The Kier molecular flexibility index (Phi) is 2.82. The molecule has 2 aromatic rings. The summed E-state index contributed by atoms with van der Waals surface area (Å²) < 4.78 is 10.7. The number of hydrogen-bond acceptors (Lipinski definition) is 4. The van der Waals surface area contributed by atoms with Gasteiger partial charge in [-0.2, -0.15) is 0 Å². The fourth-order valence-electron chi connectivity index (χ4n) is 1.16. The lowest BCUT2D eigenvalue weighted by atomic mass is 10.3. The van der Waals surface area contributed by atoms with Crippen molar-refractivity contribution in [2.24, 2.45) is 0 Å². The van der Waals surface area contributed by atoms with Gasteiger partial charge in [-0.3, -0.25) is 4.57 Å². The molecule has 0 aliphatic heterocycles. The molecule has 8 heteroatoms. The largest absolute Gasteiger partial charge is 0.333 e. The highest BCUT2D eigenvalue weighted by molar-refractivity contribution is 7.50. The van der Waals surface area contributed by atoms with Crippen LogP contribution in [0.25, 0.3) is 5.69 Å². The molecule has 1 aromatic heterocycles. The average molecular weight is 240 g/mol. The summed E-state index contributed by atoms with van der Waals surface area (Å²) in [5.41, 5.74) is 0.687. The van der Waals surface area contributed by atoms with E-state index in [1.54, 1.807) is 24.3 Å². The standard InChI is InChI=1S/C8H9N4O3P/c13-16(14,15)6-8-9-11-12(10-8)7-4-2-1-3-5-7/h1-5H,6H2,(H2,13,14,15). The van der Waals surface area contributed by atoms with Gasteiger partial charge in [0.05, 0.1) is 5.69 Å². The molecule has 0 aliphatic rings. The predicted octanol–water partition coefficient (Wildman–Crippen LogP) is 0.340. The lowest BCUT2D eigenvalue weighted by Crippen LogP contribution is -1.98. The number of para-hydroxylation sites is 1. The van der Waals surface area contributed by atoms with Crippen molar-refractivity contribution in [1.82, 2.24) is 20.2 Å². The van der Waals surface area contributed by atoms with Gasteiger partial charge >= 0.3 is 7.60 Å². The first-order valence-electron chi connectivity index (χ1n) is 4.43. The van der Waals surface area contributed by atoms with E-state index in [0.717, 1.165) is 0 Å². The van der Waals surface area contributed by atoms with E-state index in [1.807, 2.05) is 6.07 Å². The molecule has 0 unspecified atom stereocenters. The van der Waals surface area contributed by atoms with Crippen LogP contribution in [0.4, 0.5) is 0 Å². The van der Waals surface area contributed by atoms with E-state index < -0.39 is 13.8 Å². The molecule has 84 valence electrons. The van der Waals surface area contributed by atoms with Crippen molar-refractivity contribution in [3.05, 3.63) is 36.2 Å². The Balaban J connectivity index is 2.24. The minimum absolute atomic E-state index is 0.0252. The molecular formula is C8H9N4O3P. The Morgan fingerprint density at radius 1 is 1.25 bits per heavy atom. The molecule has 0 radical (unpaired) electrons. The second-order valence-corrected chi connectivity index (χ2v) is 4.80. The Bertz CT molecular complexity index is 521. The minimum atomic E-state index is -4.14. The molecule has 0 bridgehead atoms. The predicted molar refractivity (Wildman–Crippen MR) is 54.9 cm³/mol. The Labute approximate surface area is 90.9 Å². The Morgan fingerprint density at radius 2 is 1.94 bits per heavy atom. The molecule has 16 heavy (non-hydrogen) atoms. The highest BCUT2D eigenvalue weighted by atomic mass is 31.2. The molecule has 0 saturated carbocycles. The highest BCUT2D eigenvalue weighted by Gasteiger charge is 2.18. The molecule has 0 aliphatic carbocycles. The van der Waals surface area contributed by atoms with Crippen molar-refractivity contribution in [1.29, 1.82) is 0 Å². The smallest absolute Gasteiger partial charge is 0.324 e. The number of tetrazole rings is 1. The normalized spacial score (nSPS) is 11.6. The van der Waals surface area contributed by atoms with E-state index >= 15 is 0 Å². The Hall–Kier alpha value is -1.56. The van der Waals surface area contributed by atoms with E-state index in [0.29, 0.717) is 5.69 Å². The van der Waals surface area contributed by atoms with E-state index in [2.05, 4.69) is 15.4 Å². The SMILES string of the molecule is O=P(O)(O)Cc1nnn(-c2ccccc2)n1. The van der Waals surface area contributed by atoms with Gasteiger partial charge in [0.15, 0.2) is 5.82 Å². The fraction of sp³-hybridized carbons (Fsp3) is 0.125. The molecule has 2 N–H and O–H groups in total. The van der Waals surface area contributed by atoms with Crippen molar-refractivity contribution in [3.8, 4) is 5.69 Å². The van der Waals surface area contributed by atoms with Gasteiger partial charge in [0.25, 0.3) is 0 Å². The molecule has 1 aromatic carbocycles. The van der Waals surface area contributed by atoms with E-state index in [4.69, 9.17) is 9.79 Å². The van der Waals surface area contributed by atoms with Crippen molar-refractivity contribution >= 4 is 7.60 Å². The van der Waals surface area contributed by atoms with Crippen LogP contribution in [0.15, 0.2) is 30.3 Å². The Morgan fingerprint density at radius 3 is 2.56 bits per heavy atom. The summed E-state index contributed by atoms with van der Waals surface area (Å²) in [6.45, 7) is 0. The lowest BCUT2D eigenvalue weighted by Gasteiger charge is -1.98. The summed E-state index contributed by atoms with van der Waals surface area (Å²) in [5.74, 6) is 0.0252. The summed E-state index contributed by atoms with van der Waals surface area (Å²) in [6.07, 6.45) is -0.500. The van der Waals surface area contributed by atoms with Crippen LogP contribution in [0.2, 0.25) is 0 Å². The first-order chi connectivity index (χ1) is 7.54. The zero-order valence-electron chi connectivity index (χ0n) is 8.13. The first kappa shape index (κ1) is 10.9. The monoisotopic (exact) mass is 240 g/mol. The van der Waals surface area contributed by atoms with Crippen LogP contribution in [0, 0.1) is 0 Å². The zero-order valence-corrected chi connectivity index (χ0v) is 9.03. The summed E-state index contributed by atoms with van der Waals surface area (Å²) >= 11 is 0. The van der Waals surface area contributed by atoms with Crippen LogP contribution in [0.3, 0.4) is 0 Å². The molecule has 2 rings (SSSR count). The molecule has 7 nitrogen and oxygen atoms in total. The average Bonchev–Trinajstić information content (AvgIpc) is 2.65. The number of nitrogens with zero attached hydrogens (tertiary/aromatic N) is 4. The quantitative estimate of drug-likeness (QED) is 0.750. The van der Waals surface area contributed by atoms with Crippen LogP contribution in [0.1, 0.15) is 5.82 Å². The maximum Gasteiger partial charge on any atom is 0.333 e. The summed E-state index contributed by atoms with van der Waals surface area (Å²) in [4.78, 5) is 18.7. The van der Waals surface area contributed by atoms with Gasteiger partial charge in [-0.15, -0.1) is 15.0 Å². The zero-order chi connectivity index (χ0) is 11.6. The number of rotatable bonds is 3. The van der Waals surface area contributed by atoms with Crippen molar-refractivity contribution in [2.45, 2.75) is 6.16 Å². The van der Waals surface area contributed by atoms with Gasteiger partial charge in [-0.25, -0.2) is 0 Å². The minimum Gasteiger partial charge on any atom is -0.324 e. The topological polar surface area (TPSA) is 101 Å². The second-order valence-electron chi connectivity index (χ2n) is 3.15. The maximum absolute atomic E-state index is 10.7. The number of aromatic nitrogens is 4. The third kappa shape index (κ3) is 2.73. The van der Waals surface area contributed by atoms with Gasteiger partial charge in [0, 0.05) is 0 Å². The molecule has 0 spiro atoms. The molecule has 0 atom stereocenters. The summed E-state index contributed by atoms with van der Waals surface area (Å²) in [7, 11) is -4.14. The van der Waals surface area contributed by atoms with Crippen LogP contribution in [0.5, 0.6) is 0 Å². The molecule has 0 fully saturated rings. The lowest BCUT2D eigenvalue weighted by molar-refractivity contribution is 0.370. The molecule has 0 saturated heterocycles. The molecule has 1 heterocycles. The van der Waals surface area contributed by atoms with E-state index in [-0.39, 0.29) is 5.82 Å². The third-order valence-electron chi connectivity index (χ3n) is 1.79. The molecular weight excluding hydrogens is 231 g/mol. The summed E-state index contributed by atoms with van der Waals surface area (Å²) in [5, 5.41) is 11.1. The maximum atomic E-state index is 10.7. The van der Waals surface area contributed by atoms with Gasteiger partial charge in [-0.05, 0) is 17.3 Å². The molecule has 0 amide bonds. The van der Waals surface area contributed by atoms with Crippen LogP contribution in [-0.4, -0.2) is 30.0 Å². The van der Waals surface area contributed by atoms with Gasteiger partial charge in [0.2, 0.25) is 0 Å². The first-order valence-corrected chi connectivity index (χ1v) is 6.23.